The van der Waals surface area contributed by atoms with Gasteiger partial charge in [-0.05, 0) is 99.1 Å². The number of aryl methyl sites for hydroxylation is 1. The number of rotatable bonds is 5. The molecule has 9 rings (SSSR count). The summed E-state index contributed by atoms with van der Waals surface area (Å²) < 4.78 is 6.51. The first-order valence-electron chi connectivity index (χ1n) is 15.8. The Morgan fingerprint density at radius 3 is 2.62 bits per heavy atom. The first-order valence-corrected chi connectivity index (χ1v) is 17.5. The summed E-state index contributed by atoms with van der Waals surface area (Å²) in [5, 5.41) is 13.0. The molecule has 6 aliphatic carbocycles. The van der Waals surface area contributed by atoms with Gasteiger partial charge in [0.25, 0.3) is 0 Å². The molecule has 222 valence electrons. The smallest absolute Gasteiger partial charge is 0.410 e. The Hall–Kier alpha value is -2.22. The average Bonchev–Trinajstić information content (AvgIpc) is 3.75. The highest BCUT2D eigenvalue weighted by atomic mass is 32.1. The van der Waals surface area contributed by atoms with E-state index in [1.54, 1.807) is 22.7 Å². The standard InChI is InChI=1S/C35H41NO4S2/c1-22-6-7-26(42-22)29(38)25-20-33-15-16-35(25)27(31(33,2)12-8-23(37)19-33)9-13-32(3)28(35)10-14-34(32)21-36(30(39)40-34)17-11-24-5-4-18-41-24/h4-7,15-16,18,20,23,27-28,37H,8-14,17,19,21H2,1-3H3. The summed E-state index contributed by atoms with van der Waals surface area (Å²) in [6.45, 7) is 8.21. The fraction of sp³-hybridized carbons (Fsp3) is 0.600. The summed E-state index contributed by atoms with van der Waals surface area (Å²) in [6.07, 6.45) is 13.8. The lowest BCUT2D eigenvalue weighted by Gasteiger charge is -2.71. The van der Waals surface area contributed by atoms with Crippen LogP contribution in [0.15, 0.2) is 53.4 Å². The molecule has 8 unspecified atom stereocenters. The van der Waals surface area contributed by atoms with Crippen LogP contribution in [0.2, 0.25) is 0 Å². The molecule has 1 N–H and O–H groups in total. The number of Topliss-reactive ketones (excluding diaryl/α,β-unsaturated/α-hetero) is 1. The molecule has 7 aliphatic rings. The van der Waals surface area contributed by atoms with Crippen LogP contribution in [0, 0.1) is 40.4 Å². The van der Waals surface area contributed by atoms with Gasteiger partial charge in [0, 0.05) is 38.1 Å². The van der Waals surface area contributed by atoms with E-state index in [-0.39, 0.29) is 45.6 Å². The molecule has 5 nitrogen and oxygen atoms in total. The van der Waals surface area contributed by atoms with E-state index in [1.165, 1.54) is 4.88 Å². The van der Waals surface area contributed by atoms with Gasteiger partial charge < -0.3 is 14.7 Å². The summed E-state index contributed by atoms with van der Waals surface area (Å²) in [5.41, 5.74) is -0.491. The maximum absolute atomic E-state index is 14.6. The number of aliphatic hydroxyl groups is 1. The van der Waals surface area contributed by atoms with Crippen LogP contribution in [0.5, 0.6) is 0 Å². The molecule has 8 atom stereocenters. The normalized spacial score (nSPS) is 43.2. The Morgan fingerprint density at radius 2 is 1.86 bits per heavy atom. The Bertz CT molecular complexity index is 1520. The molecule has 42 heavy (non-hydrogen) atoms. The first kappa shape index (κ1) is 27.3. The maximum Gasteiger partial charge on any atom is 0.410 e. The van der Waals surface area contributed by atoms with Crippen LogP contribution in [0.4, 0.5) is 4.79 Å². The average molecular weight is 604 g/mol. The molecule has 7 heteroatoms. The van der Waals surface area contributed by atoms with E-state index >= 15 is 0 Å². The first-order chi connectivity index (χ1) is 20.1. The lowest BCUT2D eigenvalue weighted by molar-refractivity contribution is -0.164. The number of carbonyl (C=O) groups excluding carboxylic acids is 2. The zero-order valence-corrected chi connectivity index (χ0v) is 26.5. The van der Waals surface area contributed by atoms with Crippen molar-refractivity contribution in [1.29, 1.82) is 0 Å². The lowest BCUT2D eigenvalue weighted by Crippen LogP contribution is -2.67. The molecule has 1 amide bonds. The summed E-state index contributed by atoms with van der Waals surface area (Å²) in [5.74, 6) is 0.700. The monoisotopic (exact) mass is 603 g/mol. The molecule has 1 aliphatic heterocycles. The number of nitrogens with zero attached hydrogens (tertiary/aromatic N) is 1. The molecule has 3 spiro atoms. The van der Waals surface area contributed by atoms with E-state index in [9.17, 15) is 14.7 Å². The summed E-state index contributed by atoms with van der Waals surface area (Å²) >= 11 is 3.33. The van der Waals surface area contributed by atoms with Gasteiger partial charge >= 0.3 is 6.09 Å². The second-order valence-corrected chi connectivity index (χ2v) is 17.0. The molecular weight excluding hydrogens is 563 g/mol. The molecule has 1 saturated heterocycles. The minimum Gasteiger partial charge on any atom is -0.440 e. The van der Waals surface area contributed by atoms with Gasteiger partial charge in [0.1, 0.15) is 5.60 Å². The molecule has 2 bridgehead atoms. The third-order valence-corrected chi connectivity index (χ3v) is 15.0. The Morgan fingerprint density at radius 1 is 1.07 bits per heavy atom. The van der Waals surface area contributed by atoms with Crippen LogP contribution in [-0.2, 0) is 11.2 Å². The van der Waals surface area contributed by atoms with E-state index in [0.717, 1.165) is 60.3 Å². The van der Waals surface area contributed by atoms with Gasteiger partial charge in [-0.15, -0.1) is 22.7 Å². The van der Waals surface area contributed by atoms with Crippen LogP contribution < -0.4 is 0 Å². The highest BCUT2D eigenvalue weighted by Gasteiger charge is 2.76. The number of hydrogen-bond acceptors (Lipinski definition) is 6. The lowest BCUT2D eigenvalue weighted by atomic mass is 9.32. The van der Waals surface area contributed by atoms with Crippen LogP contribution in [0.3, 0.4) is 0 Å². The maximum atomic E-state index is 14.6. The molecule has 3 heterocycles. The Balaban J connectivity index is 1.21. The number of allylic oxidation sites excluding steroid dienone is 4. The van der Waals surface area contributed by atoms with Gasteiger partial charge in [0.15, 0.2) is 5.78 Å². The SMILES string of the molecule is Cc1ccc(C(=O)C2=CC34C=CC25C(CCC2(C)C5CCC25CN(CCc2cccs2)C(=O)O5)C3(C)CCC(O)C4)s1. The van der Waals surface area contributed by atoms with Crippen LogP contribution in [-0.4, -0.2) is 46.7 Å². The number of aliphatic hydroxyl groups excluding tert-OH is 1. The second kappa shape index (κ2) is 8.92. The van der Waals surface area contributed by atoms with Gasteiger partial charge in [0.2, 0.25) is 0 Å². The predicted molar refractivity (Wildman–Crippen MR) is 166 cm³/mol. The Labute approximate surface area is 256 Å². The molecule has 2 aromatic rings. The summed E-state index contributed by atoms with van der Waals surface area (Å²) in [4.78, 5) is 33.2. The molecule has 0 aromatic carbocycles. The zero-order chi connectivity index (χ0) is 29.1. The van der Waals surface area contributed by atoms with Crippen molar-refractivity contribution in [3.63, 3.8) is 0 Å². The van der Waals surface area contributed by atoms with Crippen molar-refractivity contribution in [3.05, 3.63) is 68.1 Å². The van der Waals surface area contributed by atoms with Gasteiger partial charge in [-0.1, -0.05) is 38.1 Å². The highest BCUT2D eigenvalue weighted by Crippen LogP contribution is 2.79. The van der Waals surface area contributed by atoms with Crippen molar-refractivity contribution >= 4 is 34.6 Å². The Kier molecular flexibility index (Phi) is 5.81. The fourth-order valence-corrected chi connectivity index (χ4v) is 12.5. The number of amides is 1. The number of thiophene rings is 2. The minimum atomic E-state index is -0.527. The summed E-state index contributed by atoms with van der Waals surface area (Å²) in [6, 6.07) is 8.25. The topological polar surface area (TPSA) is 66.8 Å². The van der Waals surface area contributed by atoms with E-state index < -0.39 is 5.60 Å². The van der Waals surface area contributed by atoms with Gasteiger partial charge in [-0.2, -0.15) is 0 Å². The van der Waals surface area contributed by atoms with E-state index in [4.69, 9.17) is 4.74 Å². The fourth-order valence-electron chi connectivity index (χ4n) is 10.9. The predicted octanol–water partition coefficient (Wildman–Crippen LogP) is 7.59. The quantitative estimate of drug-likeness (QED) is 0.282. The van der Waals surface area contributed by atoms with Crippen LogP contribution in [0.1, 0.15) is 78.2 Å². The second-order valence-electron chi connectivity index (χ2n) is 14.6. The van der Waals surface area contributed by atoms with Crippen molar-refractivity contribution in [2.45, 2.75) is 83.8 Å². The molecule has 0 radical (unpaired) electrons. The van der Waals surface area contributed by atoms with Crippen LogP contribution in [0.25, 0.3) is 0 Å². The highest BCUT2D eigenvalue weighted by molar-refractivity contribution is 7.14. The van der Waals surface area contributed by atoms with E-state index in [2.05, 4.69) is 62.6 Å². The van der Waals surface area contributed by atoms with Crippen molar-refractivity contribution in [2.75, 3.05) is 13.1 Å². The van der Waals surface area contributed by atoms with Gasteiger partial charge in [-0.3, -0.25) is 4.79 Å². The number of ketones is 1. The van der Waals surface area contributed by atoms with Gasteiger partial charge in [-0.25, -0.2) is 4.79 Å². The third kappa shape index (κ3) is 3.34. The number of carbonyl (C=O) groups is 2. The van der Waals surface area contributed by atoms with Crippen molar-refractivity contribution in [1.82, 2.24) is 4.90 Å². The summed E-state index contributed by atoms with van der Waals surface area (Å²) in [7, 11) is 0. The van der Waals surface area contributed by atoms with Crippen molar-refractivity contribution < 1.29 is 19.4 Å². The van der Waals surface area contributed by atoms with E-state index in [0.29, 0.717) is 25.4 Å². The number of fused-ring (bicyclic) bond motifs is 2. The largest absolute Gasteiger partial charge is 0.440 e. The third-order valence-electron chi connectivity index (χ3n) is 13.1. The molecule has 4 fully saturated rings. The van der Waals surface area contributed by atoms with Gasteiger partial charge in [0.05, 0.1) is 17.5 Å². The molecule has 2 aromatic heterocycles. The van der Waals surface area contributed by atoms with Crippen molar-refractivity contribution in [3.8, 4) is 0 Å². The number of ether oxygens (including phenoxy) is 1. The van der Waals surface area contributed by atoms with E-state index in [1.807, 2.05) is 11.0 Å². The van der Waals surface area contributed by atoms with Crippen molar-refractivity contribution in [2.24, 2.45) is 33.5 Å². The number of hydrogen-bond donors (Lipinski definition) is 1. The zero-order valence-electron chi connectivity index (χ0n) is 24.9. The molecule has 3 saturated carbocycles. The van der Waals surface area contributed by atoms with Crippen LogP contribution >= 0.6 is 22.7 Å². The molecular formula is C35H41NO4S2. The minimum absolute atomic E-state index is 0.00763.